The van der Waals surface area contributed by atoms with Gasteiger partial charge in [-0.25, -0.2) is 0 Å². The topological polar surface area (TPSA) is 110 Å². The van der Waals surface area contributed by atoms with Crippen molar-refractivity contribution in [1.82, 2.24) is 10.6 Å². The van der Waals surface area contributed by atoms with E-state index in [1.807, 2.05) is 26.0 Å². The van der Waals surface area contributed by atoms with Gasteiger partial charge in [-0.3, -0.25) is 9.59 Å². The smallest absolute Gasteiger partial charge is 0.246 e. The third-order valence-electron chi connectivity index (χ3n) is 6.58. The summed E-state index contributed by atoms with van der Waals surface area (Å²) in [5.41, 5.74) is 3.72. The van der Waals surface area contributed by atoms with Crippen LogP contribution in [0.2, 0.25) is 0 Å². The minimum Gasteiger partial charge on any atom is -0.490 e. The number of dihydropyridines is 1. The number of benzene rings is 1. The summed E-state index contributed by atoms with van der Waals surface area (Å²) in [6.45, 7) is 6.99. The predicted octanol–water partition coefficient (Wildman–Crippen LogP) is 5.06. The van der Waals surface area contributed by atoms with Crippen LogP contribution in [0.4, 0.5) is 0 Å². The van der Waals surface area contributed by atoms with Gasteiger partial charge in [0, 0.05) is 37.0 Å². The number of methoxy groups -OCH3 is 1. The Bertz CT molecular complexity index is 1180. The molecule has 38 heavy (non-hydrogen) atoms. The monoisotopic (exact) mass is 585 g/mol. The Hall–Kier alpha value is -3.09. The number of rotatable bonds is 12. The van der Waals surface area contributed by atoms with E-state index in [-0.39, 0.29) is 24.9 Å². The van der Waals surface area contributed by atoms with Crippen molar-refractivity contribution in [1.29, 1.82) is 5.26 Å². The quantitative estimate of drug-likeness (QED) is 0.330. The highest BCUT2D eigenvalue weighted by molar-refractivity contribution is 9.10. The number of carbonyl (C=O) groups excluding carboxylic acids is 2. The number of amides is 1. The molecule has 2 aliphatic rings. The molecule has 0 bridgehead atoms. The van der Waals surface area contributed by atoms with Crippen molar-refractivity contribution in [3.8, 4) is 17.6 Å². The third-order valence-corrected chi connectivity index (χ3v) is 7.17. The molecule has 2 N–H and O–H groups in total. The molecule has 9 heteroatoms. The van der Waals surface area contributed by atoms with Gasteiger partial charge < -0.3 is 24.8 Å². The Morgan fingerprint density at radius 2 is 2.05 bits per heavy atom. The van der Waals surface area contributed by atoms with Crippen LogP contribution < -0.4 is 20.1 Å². The van der Waals surface area contributed by atoms with Crippen LogP contribution in [0.3, 0.4) is 0 Å². The van der Waals surface area contributed by atoms with Crippen LogP contribution in [0, 0.1) is 17.2 Å². The summed E-state index contributed by atoms with van der Waals surface area (Å²) >= 11 is 3.63. The van der Waals surface area contributed by atoms with Crippen molar-refractivity contribution >= 4 is 27.6 Å². The fourth-order valence-electron chi connectivity index (χ4n) is 5.01. The molecular weight excluding hydrogens is 550 g/mol. The van der Waals surface area contributed by atoms with E-state index in [9.17, 15) is 14.9 Å². The summed E-state index contributed by atoms with van der Waals surface area (Å²) in [6, 6.07) is 6.12. The maximum absolute atomic E-state index is 13.4. The molecule has 3 rings (SSSR count). The van der Waals surface area contributed by atoms with Gasteiger partial charge in [-0.2, -0.15) is 5.26 Å². The molecule has 204 valence electrons. The first-order valence-electron chi connectivity index (χ1n) is 13.0. The standard InChI is InChI=1S/C29H36BrN3O5/c1-5-9-19-12-23-28(24(34)13-19)27(21(16-31)18(3)33-23)20-14-22(30)29(25(15-20)37-6-2)38-11-8-7-10-32-26(35)17-36-4/h7-8,14-15,19,27,33H,5-6,9-13,17H2,1-4H3,(H,32,35)/b8-7+. The molecule has 0 spiro atoms. The fraction of sp³-hybridized carbons (Fsp3) is 0.483. The molecular formula is C29H36BrN3O5. The van der Waals surface area contributed by atoms with E-state index in [1.54, 1.807) is 12.2 Å². The number of allylic oxidation sites excluding steroid dienone is 4. The first-order valence-corrected chi connectivity index (χ1v) is 13.8. The lowest BCUT2D eigenvalue weighted by Crippen LogP contribution is -2.34. The van der Waals surface area contributed by atoms with Crippen LogP contribution in [-0.2, 0) is 14.3 Å². The Balaban J connectivity index is 1.89. The second kappa shape index (κ2) is 14.2. The molecule has 1 aliphatic carbocycles. The van der Waals surface area contributed by atoms with Gasteiger partial charge in [0.2, 0.25) is 5.91 Å². The summed E-state index contributed by atoms with van der Waals surface area (Å²) in [5, 5.41) is 16.1. The van der Waals surface area contributed by atoms with Gasteiger partial charge in [-0.05, 0) is 72.3 Å². The first kappa shape index (κ1) is 29.5. The largest absolute Gasteiger partial charge is 0.490 e. The zero-order valence-electron chi connectivity index (χ0n) is 22.5. The van der Waals surface area contributed by atoms with Crippen LogP contribution in [0.15, 0.2) is 51.3 Å². The SMILES string of the molecule is CCCC1CC(=O)C2=C(C1)NC(C)=C(C#N)C2c1cc(Br)c(OC/C=C/CNC(=O)COC)c(OCC)c1. The number of ketones is 1. The van der Waals surface area contributed by atoms with Gasteiger partial charge >= 0.3 is 0 Å². The summed E-state index contributed by atoms with van der Waals surface area (Å²) < 4.78 is 17.4. The molecule has 0 aromatic heterocycles. The molecule has 0 radical (unpaired) electrons. The number of ether oxygens (including phenoxy) is 3. The van der Waals surface area contributed by atoms with Crippen LogP contribution in [0.25, 0.3) is 0 Å². The number of nitrogens with zero attached hydrogens (tertiary/aromatic N) is 1. The van der Waals surface area contributed by atoms with Crippen molar-refractivity contribution < 1.29 is 23.8 Å². The molecule has 1 aromatic carbocycles. The number of halogens is 1. The zero-order valence-corrected chi connectivity index (χ0v) is 24.1. The molecule has 2 atom stereocenters. The Morgan fingerprint density at radius 1 is 1.26 bits per heavy atom. The highest BCUT2D eigenvalue weighted by Crippen LogP contribution is 2.47. The average Bonchev–Trinajstić information content (AvgIpc) is 2.86. The number of hydrogen-bond donors (Lipinski definition) is 2. The Kier molecular flexibility index (Phi) is 11.0. The van der Waals surface area contributed by atoms with Gasteiger partial charge in [0.05, 0.1) is 28.6 Å². The van der Waals surface area contributed by atoms with Crippen LogP contribution in [0.5, 0.6) is 11.5 Å². The van der Waals surface area contributed by atoms with Gasteiger partial charge in [-0.15, -0.1) is 0 Å². The molecule has 1 aromatic rings. The first-order chi connectivity index (χ1) is 18.3. The second-order valence-corrected chi connectivity index (χ2v) is 10.2. The molecule has 8 nitrogen and oxygen atoms in total. The molecule has 0 saturated heterocycles. The van der Waals surface area contributed by atoms with Gasteiger partial charge in [0.15, 0.2) is 17.3 Å². The maximum Gasteiger partial charge on any atom is 0.246 e. The van der Waals surface area contributed by atoms with Gasteiger partial charge in [-0.1, -0.05) is 19.4 Å². The van der Waals surface area contributed by atoms with Gasteiger partial charge in [0.1, 0.15) is 13.2 Å². The summed E-state index contributed by atoms with van der Waals surface area (Å²) in [7, 11) is 1.47. The van der Waals surface area contributed by atoms with Crippen LogP contribution >= 0.6 is 15.9 Å². The van der Waals surface area contributed by atoms with E-state index in [1.165, 1.54) is 7.11 Å². The van der Waals surface area contributed by atoms with E-state index in [0.29, 0.717) is 52.6 Å². The Morgan fingerprint density at radius 3 is 2.74 bits per heavy atom. The summed E-state index contributed by atoms with van der Waals surface area (Å²) in [4.78, 5) is 24.9. The van der Waals surface area contributed by atoms with E-state index in [0.717, 1.165) is 36.2 Å². The number of Topliss-reactive ketones (excluding diaryl/α,β-unsaturated/α-hetero) is 1. The van der Waals surface area contributed by atoms with E-state index < -0.39 is 5.92 Å². The van der Waals surface area contributed by atoms with Crippen LogP contribution in [-0.4, -0.2) is 45.2 Å². The highest BCUT2D eigenvalue weighted by atomic mass is 79.9. The van der Waals surface area contributed by atoms with E-state index in [4.69, 9.17) is 14.2 Å². The predicted molar refractivity (Wildman–Crippen MR) is 149 cm³/mol. The third kappa shape index (κ3) is 7.06. The molecule has 0 fully saturated rings. The number of nitrogens with one attached hydrogen (secondary N) is 2. The number of carbonyl (C=O) groups is 2. The average molecular weight is 587 g/mol. The van der Waals surface area contributed by atoms with Crippen molar-refractivity contribution in [2.45, 2.75) is 52.4 Å². The van der Waals surface area contributed by atoms with Crippen molar-refractivity contribution in [3.63, 3.8) is 0 Å². The fourth-order valence-corrected chi connectivity index (χ4v) is 5.58. The molecule has 2 unspecified atom stereocenters. The highest BCUT2D eigenvalue weighted by Gasteiger charge is 2.39. The minimum absolute atomic E-state index is 0.0178. The van der Waals surface area contributed by atoms with Crippen molar-refractivity contribution in [2.75, 3.05) is 33.5 Å². The van der Waals surface area contributed by atoms with Crippen molar-refractivity contribution in [3.05, 3.63) is 56.9 Å². The molecule has 1 amide bonds. The van der Waals surface area contributed by atoms with Crippen LogP contribution in [0.1, 0.15) is 57.9 Å². The van der Waals surface area contributed by atoms with Gasteiger partial charge in [0.25, 0.3) is 0 Å². The lowest BCUT2D eigenvalue weighted by molar-refractivity contribution is -0.124. The Labute approximate surface area is 233 Å². The van der Waals surface area contributed by atoms with Crippen molar-refractivity contribution in [2.24, 2.45) is 5.92 Å². The zero-order chi connectivity index (χ0) is 27.7. The lowest BCUT2D eigenvalue weighted by atomic mass is 9.72. The van der Waals surface area contributed by atoms with E-state index in [2.05, 4.69) is 39.6 Å². The summed E-state index contributed by atoms with van der Waals surface area (Å²) in [6.07, 6.45) is 6.95. The number of nitriles is 1. The molecule has 1 heterocycles. The maximum atomic E-state index is 13.4. The number of hydrogen-bond acceptors (Lipinski definition) is 7. The molecule has 1 aliphatic heterocycles. The van der Waals surface area contributed by atoms with E-state index >= 15 is 0 Å². The minimum atomic E-state index is -0.466. The lowest BCUT2D eigenvalue weighted by Gasteiger charge is -2.35. The molecule has 0 saturated carbocycles. The summed E-state index contributed by atoms with van der Waals surface area (Å²) in [5.74, 6) is 0.819. The second-order valence-electron chi connectivity index (χ2n) is 9.37. The normalized spacial score (nSPS) is 19.2.